The van der Waals surface area contributed by atoms with Crippen LogP contribution in [0.3, 0.4) is 0 Å². The van der Waals surface area contributed by atoms with Crippen LogP contribution in [0.2, 0.25) is 0 Å². The highest BCUT2D eigenvalue weighted by Gasteiger charge is 2.23. The first-order valence-electron chi connectivity index (χ1n) is 7.22. The molecule has 21 heavy (non-hydrogen) atoms. The second-order valence-electron chi connectivity index (χ2n) is 5.28. The Morgan fingerprint density at radius 3 is 2.86 bits per heavy atom. The van der Waals surface area contributed by atoms with E-state index in [4.69, 9.17) is 0 Å². The number of fused-ring (bicyclic) bond motifs is 1. The van der Waals surface area contributed by atoms with Crippen molar-refractivity contribution in [3.63, 3.8) is 0 Å². The minimum absolute atomic E-state index is 0.00173. The minimum atomic E-state index is -0.00173. The van der Waals surface area contributed by atoms with E-state index in [1.807, 2.05) is 17.7 Å². The zero-order chi connectivity index (χ0) is 15.4. The van der Waals surface area contributed by atoms with Crippen LogP contribution >= 0.6 is 0 Å². The maximum absolute atomic E-state index is 12.1. The predicted molar refractivity (Wildman–Crippen MR) is 80.0 cm³/mol. The summed E-state index contributed by atoms with van der Waals surface area (Å²) in [5.41, 5.74) is 0.622. The van der Waals surface area contributed by atoms with Gasteiger partial charge in [0.05, 0.1) is 12.7 Å². The fourth-order valence-electron chi connectivity index (χ4n) is 2.30. The number of hydrogen-bond donors (Lipinski definition) is 0. The second kappa shape index (κ2) is 6.67. The summed E-state index contributed by atoms with van der Waals surface area (Å²) in [4.78, 5) is 31.7. The quantitative estimate of drug-likeness (QED) is 0.598. The summed E-state index contributed by atoms with van der Waals surface area (Å²) >= 11 is 0. The van der Waals surface area contributed by atoms with Crippen LogP contribution in [0.25, 0.3) is 0 Å². The molecule has 1 aliphatic heterocycles. The predicted octanol–water partition coefficient (Wildman–Crippen LogP) is 0.936. The van der Waals surface area contributed by atoms with Crippen molar-refractivity contribution in [2.24, 2.45) is 0 Å². The molecule has 114 valence electrons. The molecule has 0 saturated carbocycles. The molecule has 0 N–H and O–H groups in total. The van der Waals surface area contributed by atoms with E-state index in [9.17, 15) is 9.59 Å². The maximum Gasteiger partial charge on any atom is 0.246 e. The van der Waals surface area contributed by atoms with E-state index in [1.54, 1.807) is 17.2 Å². The van der Waals surface area contributed by atoms with Crippen molar-refractivity contribution < 1.29 is 9.59 Å². The van der Waals surface area contributed by atoms with E-state index in [0.29, 0.717) is 25.3 Å². The molecule has 0 spiro atoms. The van der Waals surface area contributed by atoms with Gasteiger partial charge < -0.3 is 14.4 Å². The maximum atomic E-state index is 12.1. The normalized spacial score (nSPS) is 14.8. The van der Waals surface area contributed by atoms with Gasteiger partial charge in [-0.1, -0.05) is 13.0 Å². The van der Waals surface area contributed by atoms with Crippen molar-refractivity contribution in [1.29, 1.82) is 0 Å². The number of nitrogens with zero attached hydrogens (tertiary/aromatic N) is 4. The third-order valence-electron chi connectivity index (χ3n) is 3.75. The molecule has 0 fully saturated rings. The van der Waals surface area contributed by atoms with Crippen LogP contribution in [-0.4, -0.2) is 57.7 Å². The number of carbonyl (C=O) groups is 2. The standard InChI is InChI=1S/C15H22N4O2/c1-4-17(3)7-5-6-15(21)18-8-9-19-13(12(2)20)10-16-14(19)11-18/h5-6,10H,4,7-9,11H2,1-3H3/b6-5+. The number of imidazole rings is 1. The molecule has 0 radical (unpaired) electrons. The number of carbonyl (C=O) groups excluding carboxylic acids is 2. The van der Waals surface area contributed by atoms with Gasteiger partial charge in [0.15, 0.2) is 5.78 Å². The number of hydrogen-bond acceptors (Lipinski definition) is 4. The lowest BCUT2D eigenvalue weighted by molar-refractivity contribution is -0.127. The van der Waals surface area contributed by atoms with Gasteiger partial charge in [0.1, 0.15) is 11.5 Å². The lowest BCUT2D eigenvalue weighted by Crippen LogP contribution is -2.38. The number of ketones is 1. The monoisotopic (exact) mass is 290 g/mol. The SMILES string of the molecule is CCN(C)C/C=C/C(=O)N1CCn2c(C(C)=O)cnc2C1. The van der Waals surface area contributed by atoms with Gasteiger partial charge in [-0.3, -0.25) is 9.59 Å². The molecule has 0 atom stereocenters. The molecule has 6 heteroatoms. The molecule has 0 unspecified atom stereocenters. The average molecular weight is 290 g/mol. The second-order valence-corrected chi connectivity index (χ2v) is 5.28. The Hall–Kier alpha value is -1.95. The summed E-state index contributed by atoms with van der Waals surface area (Å²) in [6.07, 6.45) is 5.10. The van der Waals surface area contributed by atoms with E-state index in [2.05, 4.69) is 16.8 Å². The van der Waals surface area contributed by atoms with Crippen molar-refractivity contribution >= 4 is 11.7 Å². The first-order valence-corrected chi connectivity index (χ1v) is 7.22. The number of likely N-dealkylation sites (N-methyl/N-ethyl adjacent to an activating group) is 1. The summed E-state index contributed by atoms with van der Waals surface area (Å²) in [5, 5.41) is 0. The molecule has 0 saturated heterocycles. The van der Waals surface area contributed by atoms with Gasteiger partial charge in [0.25, 0.3) is 0 Å². The first kappa shape index (κ1) is 15.4. The molecule has 2 rings (SSSR count). The third-order valence-corrected chi connectivity index (χ3v) is 3.75. The zero-order valence-electron chi connectivity index (χ0n) is 12.9. The highest BCUT2D eigenvalue weighted by atomic mass is 16.2. The topological polar surface area (TPSA) is 58.4 Å². The molecule has 1 aliphatic rings. The largest absolute Gasteiger partial charge is 0.330 e. The Kier molecular flexibility index (Phi) is 4.90. The minimum Gasteiger partial charge on any atom is -0.330 e. The summed E-state index contributed by atoms with van der Waals surface area (Å²) in [5.74, 6) is 0.785. The molecular formula is C15H22N4O2. The van der Waals surface area contributed by atoms with Crippen molar-refractivity contribution in [2.75, 3.05) is 26.7 Å². The molecule has 1 aromatic heterocycles. The number of Topliss-reactive ketones (excluding diaryl/α,β-unsaturated/α-hetero) is 1. The highest BCUT2D eigenvalue weighted by Crippen LogP contribution is 2.15. The Labute approximate surface area is 125 Å². The third kappa shape index (κ3) is 3.58. The van der Waals surface area contributed by atoms with Crippen LogP contribution in [0, 0.1) is 0 Å². The molecule has 0 aliphatic carbocycles. The lowest BCUT2D eigenvalue weighted by Gasteiger charge is -2.27. The van der Waals surface area contributed by atoms with Gasteiger partial charge in [-0.2, -0.15) is 0 Å². The van der Waals surface area contributed by atoms with E-state index >= 15 is 0 Å². The summed E-state index contributed by atoms with van der Waals surface area (Å²) in [6, 6.07) is 0. The van der Waals surface area contributed by atoms with Crippen LogP contribution in [0.4, 0.5) is 0 Å². The van der Waals surface area contributed by atoms with E-state index in [0.717, 1.165) is 18.9 Å². The van der Waals surface area contributed by atoms with Gasteiger partial charge in [-0.25, -0.2) is 4.98 Å². The number of rotatable bonds is 5. The van der Waals surface area contributed by atoms with Gasteiger partial charge in [-0.05, 0) is 13.6 Å². The molecule has 1 aromatic rings. The Balaban J connectivity index is 1.98. The fraction of sp³-hybridized carbons (Fsp3) is 0.533. The number of amides is 1. The first-order chi connectivity index (χ1) is 10.0. The summed E-state index contributed by atoms with van der Waals surface area (Å²) < 4.78 is 1.90. The van der Waals surface area contributed by atoms with Gasteiger partial charge in [0, 0.05) is 32.6 Å². The van der Waals surface area contributed by atoms with Crippen molar-refractivity contribution in [2.45, 2.75) is 26.9 Å². The van der Waals surface area contributed by atoms with E-state index in [1.165, 1.54) is 6.92 Å². The van der Waals surface area contributed by atoms with Crippen molar-refractivity contribution in [3.05, 3.63) is 29.9 Å². The molecule has 6 nitrogen and oxygen atoms in total. The van der Waals surface area contributed by atoms with Crippen LogP contribution in [-0.2, 0) is 17.9 Å². The van der Waals surface area contributed by atoms with Gasteiger partial charge in [-0.15, -0.1) is 0 Å². The van der Waals surface area contributed by atoms with Crippen LogP contribution < -0.4 is 0 Å². The smallest absolute Gasteiger partial charge is 0.246 e. The molecule has 0 bridgehead atoms. The van der Waals surface area contributed by atoms with Crippen LogP contribution in [0.15, 0.2) is 18.3 Å². The lowest BCUT2D eigenvalue weighted by atomic mass is 10.3. The van der Waals surface area contributed by atoms with Crippen LogP contribution in [0.1, 0.15) is 30.2 Å². The van der Waals surface area contributed by atoms with Crippen LogP contribution in [0.5, 0.6) is 0 Å². The van der Waals surface area contributed by atoms with Gasteiger partial charge >= 0.3 is 0 Å². The Bertz CT molecular complexity index is 562. The van der Waals surface area contributed by atoms with E-state index in [-0.39, 0.29) is 11.7 Å². The number of aromatic nitrogens is 2. The summed E-state index contributed by atoms with van der Waals surface area (Å²) in [7, 11) is 2.01. The fourth-order valence-corrected chi connectivity index (χ4v) is 2.30. The molecule has 1 amide bonds. The van der Waals surface area contributed by atoms with Crippen molar-refractivity contribution in [1.82, 2.24) is 19.4 Å². The van der Waals surface area contributed by atoms with E-state index < -0.39 is 0 Å². The zero-order valence-corrected chi connectivity index (χ0v) is 12.9. The highest BCUT2D eigenvalue weighted by molar-refractivity contribution is 5.92. The summed E-state index contributed by atoms with van der Waals surface area (Å²) in [6.45, 7) is 7.02. The molecule has 2 heterocycles. The molecule has 0 aromatic carbocycles. The van der Waals surface area contributed by atoms with Crippen molar-refractivity contribution in [3.8, 4) is 0 Å². The van der Waals surface area contributed by atoms with Gasteiger partial charge in [0.2, 0.25) is 5.91 Å². The Morgan fingerprint density at radius 2 is 2.19 bits per heavy atom. The average Bonchev–Trinajstić information content (AvgIpc) is 2.89. The Morgan fingerprint density at radius 1 is 1.43 bits per heavy atom. The molecular weight excluding hydrogens is 268 g/mol.